The molecule has 1 aliphatic heterocycles. The van der Waals surface area contributed by atoms with Crippen LogP contribution in [0.3, 0.4) is 0 Å². The number of para-hydroxylation sites is 1. The van der Waals surface area contributed by atoms with Crippen LogP contribution in [0.2, 0.25) is 0 Å². The zero-order valence-electron chi connectivity index (χ0n) is 19.0. The van der Waals surface area contributed by atoms with E-state index in [1.54, 1.807) is 0 Å². The van der Waals surface area contributed by atoms with Crippen molar-refractivity contribution in [1.29, 1.82) is 0 Å². The Morgan fingerprint density at radius 3 is 2.06 bits per heavy atom. The second kappa shape index (κ2) is 6.94. The second-order valence-electron chi connectivity index (χ2n) is 9.36. The first-order valence-corrected chi connectivity index (χ1v) is 12.0. The van der Waals surface area contributed by atoms with E-state index in [0.717, 1.165) is 17.1 Å². The monoisotopic (exact) mass is 444 g/mol. The summed E-state index contributed by atoms with van der Waals surface area (Å²) in [5, 5.41) is 10.1. The minimum absolute atomic E-state index is 0.917. The summed E-state index contributed by atoms with van der Waals surface area (Å²) in [4.78, 5) is 0. The van der Waals surface area contributed by atoms with E-state index in [9.17, 15) is 0 Å². The van der Waals surface area contributed by atoms with Crippen LogP contribution in [0.1, 0.15) is 0 Å². The molecule has 8 rings (SSSR count). The molecule has 0 atom stereocenters. The summed E-state index contributed by atoms with van der Waals surface area (Å²) >= 11 is 0. The largest absolute Gasteiger partial charge is 0.456 e. The molecule has 7 aromatic carbocycles. The van der Waals surface area contributed by atoms with Crippen molar-refractivity contribution >= 4 is 43.1 Å². The molecule has 0 fully saturated rings. The third-order valence-electron chi connectivity index (χ3n) is 7.39. The van der Waals surface area contributed by atoms with Crippen LogP contribution in [0.5, 0.6) is 11.5 Å². The quantitative estimate of drug-likeness (QED) is 0.181. The SMILES string of the molecule is c1ccc2c(c1)Oc1cccc3cc(-c4cccc5c4ccc4cc6ccccc6cc45)cc-2c13. The van der Waals surface area contributed by atoms with Gasteiger partial charge in [0, 0.05) is 10.9 Å². The number of hydrogen-bond acceptors (Lipinski definition) is 1. The summed E-state index contributed by atoms with van der Waals surface area (Å²) in [5.74, 6) is 1.85. The van der Waals surface area contributed by atoms with Gasteiger partial charge < -0.3 is 4.74 Å². The van der Waals surface area contributed by atoms with Gasteiger partial charge in [-0.05, 0) is 90.8 Å². The Balaban J connectivity index is 1.44. The Morgan fingerprint density at radius 1 is 0.371 bits per heavy atom. The molecule has 0 unspecified atom stereocenters. The Kier molecular flexibility index (Phi) is 3.72. The topological polar surface area (TPSA) is 9.23 Å². The van der Waals surface area contributed by atoms with E-state index in [-0.39, 0.29) is 0 Å². The van der Waals surface area contributed by atoms with Crippen molar-refractivity contribution < 1.29 is 4.74 Å². The van der Waals surface area contributed by atoms with Gasteiger partial charge in [-0.1, -0.05) is 84.9 Å². The third kappa shape index (κ3) is 2.70. The fourth-order valence-corrected chi connectivity index (χ4v) is 5.78. The van der Waals surface area contributed by atoms with Gasteiger partial charge in [0.1, 0.15) is 11.5 Å². The van der Waals surface area contributed by atoms with E-state index >= 15 is 0 Å². The first-order valence-electron chi connectivity index (χ1n) is 12.0. The van der Waals surface area contributed by atoms with E-state index < -0.39 is 0 Å². The number of ether oxygens (including phenoxy) is 1. The van der Waals surface area contributed by atoms with E-state index in [4.69, 9.17) is 4.74 Å². The van der Waals surface area contributed by atoms with Gasteiger partial charge in [0.05, 0.1) is 0 Å². The number of rotatable bonds is 1. The Hall–Kier alpha value is -4.62. The second-order valence-corrected chi connectivity index (χ2v) is 9.36. The predicted molar refractivity (Wildman–Crippen MR) is 147 cm³/mol. The number of fused-ring (bicyclic) bond motifs is 6. The molecule has 0 spiro atoms. The van der Waals surface area contributed by atoms with Crippen LogP contribution in [0.15, 0.2) is 121 Å². The summed E-state index contributed by atoms with van der Waals surface area (Å²) in [6, 6.07) is 43.8. The molecule has 162 valence electrons. The Labute approximate surface area is 202 Å². The zero-order chi connectivity index (χ0) is 22.9. The average molecular weight is 445 g/mol. The molecule has 0 radical (unpaired) electrons. The molecule has 1 aliphatic rings. The molecule has 35 heavy (non-hydrogen) atoms. The van der Waals surface area contributed by atoms with Gasteiger partial charge in [0.15, 0.2) is 0 Å². The van der Waals surface area contributed by atoms with Gasteiger partial charge in [-0.15, -0.1) is 0 Å². The van der Waals surface area contributed by atoms with E-state index in [1.165, 1.54) is 59.8 Å². The predicted octanol–water partition coefficient (Wildman–Crippen LogP) is 9.74. The maximum atomic E-state index is 6.25. The van der Waals surface area contributed by atoms with Crippen molar-refractivity contribution in [2.75, 3.05) is 0 Å². The van der Waals surface area contributed by atoms with E-state index in [1.807, 2.05) is 6.07 Å². The van der Waals surface area contributed by atoms with Gasteiger partial charge in [0.25, 0.3) is 0 Å². The summed E-state index contributed by atoms with van der Waals surface area (Å²) in [5.41, 5.74) is 4.87. The molecule has 1 heteroatoms. The van der Waals surface area contributed by atoms with Crippen LogP contribution < -0.4 is 4.74 Å². The molecule has 7 aromatic rings. The lowest BCUT2D eigenvalue weighted by Crippen LogP contribution is -1.97. The fraction of sp³-hybridized carbons (Fsp3) is 0. The van der Waals surface area contributed by atoms with Crippen LogP contribution in [-0.2, 0) is 0 Å². The Morgan fingerprint density at radius 2 is 1.11 bits per heavy atom. The van der Waals surface area contributed by atoms with Gasteiger partial charge in [-0.2, -0.15) is 0 Å². The molecule has 0 N–H and O–H groups in total. The van der Waals surface area contributed by atoms with E-state index in [2.05, 4.69) is 115 Å². The average Bonchev–Trinajstić information content (AvgIpc) is 2.91. The van der Waals surface area contributed by atoms with Gasteiger partial charge in [0.2, 0.25) is 0 Å². The smallest absolute Gasteiger partial charge is 0.135 e. The minimum atomic E-state index is 0.917. The van der Waals surface area contributed by atoms with Crippen LogP contribution in [0.25, 0.3) is 65.3 Å². The summed E-state index contributed by atoms with van der Waals surface area (Å²) in [6.45, 7) is 0. The standard InChI is InChI=1S/C34H20O/c1-2-8-22-19-30-23(17-21(22)7-1)15-16-28-26(11-6-12-27(28)30)25-18-24-9-5-14-33-34(24)31(20-25)29-10-3-4-13-32(29)35-33/h1-20H. The third-order valence-corrected chi connectivity index (χ3v) is 7.39. The molecule has 0 aliphatic carbocycles. The molecular weight excluding hydrogens is 424 g/mol. The van der Waals surface area contributed by atoms with Crippen molar-refractivity contribution in [3.8, 4) is 33.8 Å². The molecule has 1 nitrogen and oxygen atoms in total. The van der Waals surface area contributed by atoms with Gasteiger partial charge in [-0.3, -0.25) is 0 Å². The number of hydrogen-bond donors (Lipinski definition) is 0. The highest BCUT2D eigenvalue weighted by Crippen LogP contribution is 2.48. The molecule has 0 bridgehead atoms. The highest BCUT2D eigenvalue weighted by molar-refractivity contribution is 6.16. The maximum Gasteiger partial charge on any atom is 0.135 e. The van der Waals surface area contributed by atoms with Crippen molar-refractivity contribution in [1.82, 2.24) is 0 Å². The van der Waals surface area contributed by atoms with Crippen molar-refractivity contribution in [2.24, 2.45) is 0 Å². The molecule has 0 saturated carbocycles. The Bertz CT molecular complexity index is 1980. The van der Waals surface area contributed by atoms with Crippen molar-refractivity contribution in [3.63, 3.8) is 0 Å². The molecule has 1 heterocycles. The van der Waals surface area contributed by atoms with Crippen LogP contribution in [0, 0.1) is 0 Å². The van der Waals surface area contributed by atoms with Gasteiger partial charge >= 0.3 is 0 Å². The normalized spacial score (nSPS) is 12.2. The van der Waals surface area contributed by atoms with Crippen molar-refractivity contribution in [3.05, 3.63) is 121 Å². The van der Waals surface area contributed by atoms with Crippen LogP contribution in [-0.4, -0.2) is 0 Å². The van der Waals surface area contributed by atoms with E-state index in [0.29, 0.717) is 0 Å². The highest BCUT2D eigenvalue weighted by Gasteiger charge is 2.21. The lowest BCUT2D eigenvalue weighted by Gasteiger charge is -2.22. The molecule has 0 aromatic heterocycles. The van der Waals surface area contributed by atoms with Gasteiger partial charge in [-0.25, -0.2) is 0 Å². The lowest BCUT2D eigenvalue weighted by atomic mass is 9.88. The zero-order valence-corrected chi connectivity index (χ0v) is 19.0. The summed E-state index contributed by atoms with van der Waals surface area (Å²) < 4.78 is 6.25. The summed E-state index contributed by atoms with van der Waals surface area (Å²) in [7, 11) is 0. The first kappa shape index (κ1) is 18.8. The van der Waals surface area contributed by atoms with Crippen LogP contribution >= 0.6 is 0 Å². The molecule has 0 saturated heterocycles. The van der Waals surface area contributed by atoms with Crippen LogP contribution in [0.4, 0.5) is 0 Å². The fourth-order valence-electron chi connectivity index (χ4n) is 5.78. The highest BCUT2D eigenvalue weighted by atomic mass is 16.5. The minimum Gasteiger partial charge on any atom is -0.456 e. The number of benzene rings is 7. The van der Waals surface area contributed by atoms with Crippen molar-refractivity contribution in [2.45, 2.75) is 0 Å². The molecule has 0 amide bonds. The lowest BCUT2D eigenvalue weighted by molar-refractivity contribution is 0.487. The summed E-state index contributed by atoms with van der Waals surface area (Å²) in [6.07, 6.45) is 0. The molecular formula is C34H20O. The first-order chi connectivity index (χ1) is 17.3. The maximum absolute atomic E-state index is 6.25.